The molecule has 18 heavy (non-hydrogen) atoms. The Morgan fingerprint density at radius 3 is 2.61 bits per heavy atom. The molecule has 0 aliphatic heterocycles. The molecular weight excluding hydrogens is 275 g/mol. The minimum absolute atomic E-state index is 0.262. The van der Waals surface area contributed by atoms with Gasteiger partial charge in [-0.15, -0.1) is 0 Å². The van der Waals surface area contributed by atoms with Crippen LogP contribution in [0.1, 0.15) is 16.2 Å². The molecule has 0 aliphatic carbocycles. The van der Waals surface area contributed by atoms with Crippen LogP contribution in [-0.2, 0) is 6.54 Å². The van der Waals surface area contributed by atoms with Gasteiger partial charge in [0.2, 0.25) is 0 Å². The molecule has 0 saturated heterocycles. The molecule has 0 unspecified atom stereocenters. The Kier molecular flexibility index (Phi) is 3.84. The van der Waals surface area contributed by atoms with Gasteiger partial charge in [-0.05, 0) is 12.1 Å². The van der Waals surface area contributed by atoms with E-state index in [0.29, 0.717) is 28.0 Å². The number of H-pyrrole nitrogens is 1. The highest BCUT2D eigenvalue weighted by atomic mass is 35.5. The third kappa shape index (κ3) is 2.63. The summed E-state index contributed by atoms with van der Waals surface area (Å²) in [7, 11) is 1.64. The van der Waals surface area contributed by atoms with Crippen LogP contribution in [0.3, 0.4) is 0 Å². The van der Waals surface area contributed by atoms with Crippen molar-refractivity contribution in [3.05, 3.63) is 46.0 Å². The fourth-order valence-corrected chi connectivity index (χ4v) is 2.06. The monoisotopic (exact) mass is 284 g/mol. The molecule has 1 N–H and O–H groups in total. The summed E-state index contributed by atoms with van der Waals surface area (Å²) in [6, 6.07) is 4.95. The number of hydrogen-bond donors (Lipinski definition) is 1. The number of carbonyl (C=O) groups excluding carboxylic acids is 1. The van der Waals surface area contributed by atoms with E-state index in [9.17, 15) is 4.79 Å². The second kappa shape index (κ2) is 5.37. The molecule has 1 aromatic heterocycles. The fourth-order valence-electron chi connectivity index (χ4n) is 1.50. The van der Waals surface area contributed by atoms with Gasteiger partial charge in [-0.3, -0.25) is 9.89 Å². The highest BCUT2D eigenvalue weighted by Gasteiger charge is 2.19. The second-order valence-electron chi connectivity index (χ2n) is 3.69. The van der Waals surface area contributed by atoms with E-state index in [4.69, 9.17) is 23.2 Å². The zero-order chi connectivity index (χ0) is 13.1. The SMILES string of the molecule is CN(Cc1ncn[nH]1)C(=O)c1c(Cl)cccc1Cl. The van der Waals surface area contributed by atoms with Crippen molar-refractivity contribution in [2.24, 2.45) is 0 Å². The van der Waals surface area contributed by atoms with Crippen LogP contribution >= 0.6 is 23.2 Å². The number of aromatic amines is 1. The van der Waals surface area contributed by atoms with Crippen LogP contribution in [0, 0.1) is 0 Å². The molecule has 0 radical (unpaired) electrons. The van der Waals surface area contributed by atoms with Crippen LogP contribution in [0.4, 0.5) is 0 Å². The molecule has 0 spiro atoms. The van der Waals surface area contributed by atoms with E-state index in [1.807, 2.05) is 0 Å². The van der Waals surface area contributed by atoms with Gasteiger partial charge in [-0.1, -0.05) is 29.3 Å². The smallest absolute Gasteiger partial charge is 0.257 e. The third-order valence-electron chi connectivity index (χ3n) is 2.38. The predicted molar refractivity (Wildman–Crippen MR) is 68.6 cm³/mol. The number of halogens is 2. The maximum Gasteiger partial charge on any atom is 0.257 e. The topological polar surface area (TPSA) is 61.9 Å². The first-order valence-electron chi connectivity index (χ1n) is 5.13. The normalized spacial score (nSPS) is 10.4. The van der Waals surface area contributed by atoms with Crippen molar-refractivity contribution in [1.29, 1.82) is 0 Å². The molecule has 7 heteroatoms. The van der Waals surface area contributed by atoms with Crippen LogP contribution in [0.25, 0.3) is 0 Å². The number of hydrogen-bond acceptors (Lipinski definition) is 3. The average Bonchev–Trinajstić information content (AvgIpc) is 2.81. The Labute approximate surface area is 114 Å². The van der Waals surface area contributed by atoms with E-state index in [2.05, 4.69) is 15.2 Å². The molecule has 2 rings (SSSR count). The van der Waals surface area contributed by atoms with Gasteiger partial charge >= 0.3 is 0 Å². The lowest BCUT2D eigenvalue weighted by Crippen LogP contribution is -2.27. The van der Waals surface area contributed by atoms with Gasteiger partial charge in [0.15, 0.2) is 0 Å². The summed E-state index contributed by atoms with van der Waals surface area (Å²) >= 11 is 12.0. The zero-order valence-corrected chi connectivity index (χ0v) is 11.0. The molecule has 1 heterocycles. The van der Waals surface area contributed by atoms with Crippen molar-refractivity contribution in [1.82, 2.24) is 20.1 Å². The molecule has 2 aromatic rings. The van der Waals surface area contributed by atoms with Crippen LogP contribution in [-0.4, -0.2) is 33.0 Å². The predicted octanol–water partition coefficient (Wildman–Crippen LogP) is 2.38. The van der Waals surface area contributed by atoms with Crippen molar-refractivity contribution < 1.29 is 4.79 Å². The van der Waals surface area contributed by atoms with Crippen molar-refractivity contribution in [3.63, 3.8) is 0 Å². The van der Waals surface area contributed by atoms with Gasteiger partial charge in [0.25, 0.3) is 5.91 Å². The van der Waals surface area contributed by atoms with Gasteiger partial charge in [0, 0.05) is 7.05 Å². The number of amides is 1. The van der Waals surface area contributed by atoms with E-state index in [-0.39, 0.29) is 5.91 Å². The molecule has 5 nitrogen and oxygen atoms in total. The largest absolute Gasteiger partial charge is 0.334 e. The van der Waals surface area contributed by atoms with Gasteiger partial charge in [-0.25, -0.2) is 4.98 Å². The lowest BCUT2D eigenvalue weighted by molar-refractivity contribution is 0.0782. The van der Waals surface area contributed by atoms with Gasteiger partial charge in [0.1, 0.15) is 12.2 Å². The van der Waals surface area contributed by atoms with Crippen LogP contribution in [0.15, 0.2) is 24.5 Å². The second-order valence-corrected chi connectivity index (χ2v) is 4.50. The number of carbonyl (C=O) groups is 1. The van der Waals surface area contributed by atoms with E-state index in [1.54, 1.807) is 25.2 Å². The van der Waals surface area contributed by atoms with Crippen LogP contribution in [0.2, 0.25) is 10.0 Å². The van der Waals surface area contributed by atoms with Crippen molar-refractivity contribution in [2.75, 3.05) is 7.05 Å². The Balaban J connectivity index is 2.21. The standard InChI is InChI=1S/C11H10Cl2N4O/c1-17(5-9-14-6-15-16-9)11(18)10-7(12)3-2-4-8(10)13/h2-4,6H,5H2,1H3,(H,14,15,16). The Morgan fingerprint density at radius 2 is 2.06 bits per heavy atom. The summed E-state index contributed by atoms with van der Waals surface area (Å²) in [6.07, 6.45) is 1.39. The van der Waals surface area contributed by atoms with Crippen molar-refractivity contribution >= 4 is 29.1 Å². The lowest BCUT2D eigenvalue weighted by Gasteiger charge is -2.17. The maximum absolute atomic E-state index is 12.2. The minimum atomic E-state index is -0.262. The first kappa shape index (κ1) is 12.9. The third-order valence-corrected chi connectivity index (χ3v) is 3.01. The fraction of sp³-hybridized carbons (Fsp3) is 0.182. The molecule has 0 saturated carbocycles. The number of nitrogens with zero attached hydrogens (tertiary/aromatic N) is 3. The molecule has 1 amide bonds. The molecule has 0 fully saturated rings. The molecule has 0 atom stereocenters. The summed E-state index contributed by atoms with van der Waals surface area (Å²) in [6.45, 7) is 0.306. The highest BCUT2D eigenvalue weighted by Crippen LogP contribution is 2.25. The van der Waals surface area contributed by atoms with E-state index < -0.39 is 0 Å². The number of aromatic nitrogens is 3. The lowest BCUT2D eigenvalue weighted by atomic mass is 10.2. The van der Waals surface area contributed by atoms with Crippen LogP contribution < -0.4 is 0 Å². The highest BCUT2D eigenvalue weighted by molar-refractivity contribution is 6.39. The number of benzene rings is 1. The molecule has 0 aliphatic rings. The summed E-state index contributed by atoms with van der Waals surface area (Å²) in [5, 5.41) is 7.06. The van der Waals surface area contributed by atoms with E-state index >= 15 is 0 Å². The average molecular weight is 285 g/mol. The molecular formula is C11H10Cl2N4O. The molecule has 1 aromatic carbocycles. The Hall–Kier alpha value is -1.59. The molecule has 94 valence electrons. The van der Waals surface area contributed by atoms with E-state index in [0.717, 1.165) is 0 Å². The van der Waals surface area contributed by atoms with Gasteiger partial charge in [0.05, 0.1) is 22.2 Å². The summed E-state index contributed by atoms with van der Waals surface area (Å²) in [5.74, 6) is 0.330. The summed E-state index contributed by atoms with van der Waals surface area (Å²) < 4.78 is 0. The summed E-state index contributed by atoms with van der Waals surface area (Å²) in [4.78, 5) is 17.6. The summed E-state index contributed by atoms with van der Waals surface area (Å²) in [5.41, 5.74) is 0.294. The van der Waals surface area contributed by atoms with E-state index in [1.165, 1.54) is 11.2 Å². The number of rotatable bonds is 3. The Bertz CT molecular complexity index is 536. The maximum atomic E-state index is 12.2. The quantitative estimate of drug-likeness (QED) is 0.941. The molecule has 0 bridgehead atoms. The number of nitrogens with one attached hydrogen (secondary N) is 1. The van der Waals surface area contributed by atoms with Gasteiger partial charge < -0.3 is 4.90 Å². The van der Waals surface area contributed by atoms with Crippen molar-refractivity contribution in [3.8, 4) is 0 Å². The van der Waals surface area contributed by atoms with Gasteiger partial charge in [-0.2, -0.15) is 5.10 Å². The Morgan fingerprint density at radius 1 is 1.39 bits per heavy atom. The minimum Gasteiger partial charge on any atom is -0.334 e. The zero-order valence-electron chi connectivity index (χ0n) is 9.52. The first-order valence-corrected chi connectivity index (χ1v) is 5.89. The first-order chi connectivity index (χ1) is 8.59. The van der Waals surface area contributed by atoms with Crippen LogP contribution in [0.5, 0.6) is 0 Å². The van der Waals surface area contributed by atoms with Crippen molar-refractivity contribution in [2.45, 2.75) is 6.54 Å².